The molecule has 1 N–H and O–H groups in total. The first-order valence-electron chi connectivity index (χ1n) is 7.17. The SMILES string of the molecule is CCN(CCCOc1ccc(C)cc1)CC(C)C(=O)O. The molecule has 1 aromatic rings. The minimum absolute atomic E-state index is 0.326. The normalized spacial score (nSPS) is 12.4. The van der Waals surface area contributed by atoms with Crippen LogP contribution >= 0.6 is 0 Å². The van der Waals surface area contributed by atoms with Crippen molar-refractivity contribution in [3.8, 4) is 5.75 Å². The Morgan fingerprint density at radius 2 is 2.00 bits per heavy atom. The van der Waals surface area contributed by atoms with Gasteiger partial charge in [0.2, 0.25) is 0 Å². The summed E-state index contributed by atoms with van der Waals surface area (Å²) in [5, 5.41) is 8.92. The van der Waals surface area contributed by atoms with Crippen molar-refractivity contribution in [2.45, 2.75) is 27.2 Å². The highest BCUT2D eigenvalue weighted by Gasteiger charge is 2.14. The van der Waals surface area contributed by atoms with Gasteiger partial charge in [-0.3, -0.25) is 4.79 Å². The van der Waals surface area contributed by atoms with Gasteiger partial charge in [-0.15, -0.1) is 0 Å². The summed E-state index contributed by atoms with van der Waals surface area (Å²) >= 11 is 0. The highest BCUT2D eigenvalue weighted by Crippen LogP contribution is 2.11. The first kappa shape index (κ1) is 16.5. The van der Waals surface area contributed by atoms with Crippen LogP contribution < -0.4 is 4.74 Å². The monoisotopic (exact) mass is 279 g/mol. The molecule has 1 aromatic carbocycles. The zero-order chi connectivity index (χ0) is 15.0. The first-order valence-corrected chi connectivity index (χ1v) is 7.17. The van der Waals surface area contributed by atoms with Gasteiger partial charge >= 0.3 is 5.97 Å². The van der Waals surface area contributed by atoms with E-state index in [0.29, 0.717) is 13.2 Å². The van der Waals surface area contributed by atoms with Crippen molar-refractivity contribution in [1.29, 1.82) is 0 Å². The summed E-state index contributed by atoms with van der Waals surface area (Å²) < 4.78 is 5.67. The Morgan fingerprint density at radius 3 is 2.55 bits per heavy atom. The number of aliphatic carboxylic acids is 1. The maximum atomic E-state index is 10.8. The number of ether oxygens (including phenoxy) is 1. The van der Waals surface area contributed by atoms with Gasteiger partial charge in [0.1, 0.15) is 5.75 Å². The van der Waals surface area contributed by atoms with Gasteiger partial charge in [0, 0.05) is 13.1 Å². The molecule has 0 aromatic heterocycles. The predicted octanol–water partition coefficient (Wildman–Crippen LogP) is 2.81. The lowest BCUT2D eigenvalue weighted by molar-refractivity contribution is -0.141. The highest BCUT2D eigenvalue weighted by atomic mass is 16.5. The summed E-state index contributed by atoms with van der Waals surface area (Å²) in [6.07, 6.45) is 0.897. The van der Waals surface area contributed by atoms with Gasteiger partial charge in [-0.05, 0) is 32.0 Å². The fourth-order valence-electron chi connectivity index (χ4n) is 1.96. The second kappa shape index (κ2) is 8.59. The molecule has 20 heavy (non-hydrogen) atoms. The number of carbonyl (C=O) groups is 1. The van der Waals surface area contributed by atoms with Crippen LogP contribution in [0.2, 0.25) is 0 Å². The van der Waals surface area contributed by atoms with Crippen LogP contribution in [-0.4, -0.2) is 42.2 Å². The molecule has 1 unspecified atom stereocenters. The molecule has 0 aliphatic carbocycles. The quantitative estimate of drug-likeness (QED) is 0.706. The molecule has 0 heterocycles. The summed E-state index contributed by atoms with van der Waals surface area (Å²) in [5.74, 6) is -0.176. The Kier molecular flexibility index (Phi) is 7.09. The van der Waals surface area contributed by atoms with Crippen molar-refractivity contribution in [2.24, 2.45) is 5.92 Å². The van der Waals surface area contributed by atoms with E-state index in [0.717, 1.165) is 25.3 Å². The molecule has 112 valence electrons. The average molecular weight is 279 g/mol. The van der Waals surface area contributed by atoms with Gasteiger partial charge in [0.05, 0.1) is 12.5 Å². The number of carboxylic acid groups (broad SMARTS) is 1. The number of aryl methyl sites for hydroxylation is 1. The van der Waals surface area contributed by atoms with Crippen LogP contribution in [0.25, 0.3) is 0 Å². The molecule has 0 radical (unpaired) electrons. The summed E-state index contributed by atoms with van der Waals surface area (Å²) in [5.41, 5.74) is 1.22. The Balaban J connectivity index is 2.24. The third-order valence-electron chi connectivity index (χ3n) is 3.31. The molecule has 0 amide bonds. The molecule has 1 atom stereocenters. The van der Waals surface area contributed by atoms with E-state index in [1.54, 1.807) is 6.92 Å². The highest BCUT2D eigenvalue weighted by molar-refractivity contribution is 5.69. The molecular formula is C16H25NO3. The second-order valence-electron chi connectivity index (χ2n) is 5.15. The zero-order valence-electron chi connectivity index (χ0n) is 12.6. The van der Waals surface area contributed by atoms with E-state index in [-0.39, 0.29) is 5.92 Å². The van der Waals surface area contributed by atoms with Crippen LogP contribution in [0.15, 0.2) is 24.3 Å². The number of benzene rings is 1. The van der Waals surface area contributed by atoms with Gasteiger partial charge in [-0.1, -0.05) is 31.5 Å². The smallest absolute Gasteiger partial charge is 0.307 e. The first-order chi connectivity index (χ1) is 9.52. The Morgan fingerprint density at radius 1 is 1.35 bits per heavy atom. The van der Waals surface area contributed by atoms with Gasteiger partial charge in [0.25, 0.3) is 0 Å². The molecule has 0 spiro atoms. The molecule has 1 rings (SSSR count). The number of carboxylic acids is 1. The number of nitrogens with zero attached hydrogens (tertiary/aromatic N) is 1. The molecule has 0 aliphatic rings. The molecule has 4 heteroatoms. The van der Waals surface area contributed by atoms with Crippen LogP contribution in [0.3, 0.4) is 0 Å². The van der Waals surface area contributed by atoms with Gasteiger partial charge < -0.3 is 14.7 Å². The fourth-order valence-corrected chi connectivity index (χ4v) is 1.96. The van der Waals surface area contributed by atoms with Crippen LogP contribution in [0.4, 0.5) is 0 Å². The van der Waals surface area contributed by atoms with Crippen molar-refractivity contribution in [2.75, 3.05) is 26.2 Å². The van der Waals surface area contributed by atoms with E-state index in [1.807, 2.05) is 31.2 Å². The lowest BCUT2D eigenvalue weighted by Gasteiger charge is -2.22. The fraction of sp³-hybridized carbons (Fsp3) is 0.562. The van der Waals surface area contributed by atoms with Crippen molar-refractivity contribution >= 4 is 5.97 Å². The maximum Gasteiger partial charge on any atom is 0.307 e. The third-order valence-corrected chi connectivity index (χ3v) is 3.31. The van der Waals surface area contributed by atoms with Crippen LogP contribution in [0, 0.1) is 12.8 Å². The van der Waals surface area contributed by atoms with Crippen molar-refractivity contribution < 1.29 is 14.6 Å². The van der Waals surface area contributed by atoms with E-state index in [1.165, 1.54) is 5.56 Å². The minimum Gasteiger partial charge on any atom is -0.494 e. The Hall–Kier alpha value is -1.55. The molecule has 4 nitrogen and oxygen atoms in total. The van der Waals surface area contributed by atoms with Crippen molar-refractivity contribution in [3.63, 3.8) is 0 Å². The van der Waals surface area contributed by atoms with E-state index < -0.39 is 5.97 Å². The van der Waals surface area contributed by atoms with Crippen LogP contribution in [0.1, 0.15) is 25.8 Å². The minimum atomic E-state index is -0.737. The average Bonchev–Trinajstić information content (AvgIpc) is 2.43. The number of hydrogen-bond donors (Lipinski definition) is 1. The van der Waals surface area contributed by atoms with Gasteiger partial charge in [0.15, 0.2) is 0 Å². The number of hydrogen-bond acceptors (Lipinski definition) is 3. The van der Waals surface area contributed by atoms with Crippen molar-refractivity contribution in [1.82, 2.24) is 4.90 Å². The maximum absolute atomic E-state index is 10.8. The standard InChI is InChI=1S/C16H25NO3/c1-4-17(12-14(3)16(18)19)10-5-11-20-15-8-6-13(2)7-9-15/h6-9,14H,4-5,10-12H2,1-3H3,(H,18,19). The van der Waals surface area contributed by atoms with Crippen LogP contribution in [-0.2, 0) is 4.79 Å². The summed E-state index contributed by atoms with van der Waals surface area (Å²) in [6, 6.07) is 8.00. The molecular weight excluding hydrogens is 254 g/mol. The number of rotatable bonds is 9. The lowest BCUT2D eigenvalue weighted by Crippen LogP contribution is -2.33. The summed E-state index contributed by atoms with van der Waals surface area (Å²) in [6.45, 7) is 8.81. The van der Waals surface area contributed by atoms with Gasteiger partial charge in [-0.2, -0.15) is 0 Å². The summed E-state index contributed by atoms with van der Waals surface area (Å²) in [4.78, 5) is 13.0. The van der Waals surface area contributed by atoms with E-state index in [2.05, 4.69) is 11.8 Å². The predicted molar refractivity (Wildman–Crippen MR) is 80.2 cm³/mol. The Labute approximate surface area is 121 Å². The molecule has 0 bridgehead atoms. The molecule has 0 fully saturated rings. The Bertz CT molecular complexity index is 403. The summed E-state index contributed by atoms with van der Waals surface area (Å²) in [7, 11) is 0. The van der Waals surface area contributed by atoms with E-state index in [4.69, 9.17) is 9.84 Å². The zero-order valence-corrected chi connectivity index (χ0v) is 12.6. The van der Waals surface area contributed by atoms with E-state index >= 15 is 0 Å². The largest absolute Gasteiger partial charge is 0.494 e. The molecule has 0 saturated carbocycles. The van der Waals surface area contributed by atoms with Crippen LogP contribution in [0.5, 0.6) is 5.75 Å². The lowest BCUT2D eigenvalue weighted by atomic mass is 10.1. The van der Waals surface area contributed by atoms with Crippen molar-refractivity contribution in [3.05, 3.63) is 29.8 Å². The third kappa shape index (κ3) is 6.06. The van der Waals surface area contributed by atoms with E-state index in [9.17, 15) is 4.79 Å². The van der Waals surface area contributed by atoms with Gasteiger partial charge in [-0.25, -0.2) is 0 Å². The topological polar surface area (TPSA) is 49.8 Å². The molecule has 0 aliphatic heterocycles. The second-order valence-corrected chi connectivity index (χ2v) is 5.15. The molecule has 0 saturated heterocycles.